The molecule has 8 rings (SSSR count). The SMILES string of the molecule is Cn1c[n+]([C@@H]2O[C@H](COP(=O)([O-])OP(=O)([O-])OP(=O)([O-])OC[C@H]3O[C@@H](n4cnc5c(N)ncnc54)C(F)[C@H]3OP(=O)([O-])OC[C@H]3O[C@@H](n4ccc(=O)[nH]c4=O)[C@@H](O)C3O)C(O)[C@@H]2O)c2nc(N)[nH]c(=O)c21. The Bertz CT molecular complexity index is 3210. The number of hydrogen-bond acceptors (Lipinski definition) is 30. The fraction of sp³-hybridized carbons (Fsp3) is 0.533. The van der Waals surface area contributed by atoms with Gasteiger partial charge in [-0.15, -0.1) is 0 Å². The number of hydrogen-bond donors (Lipinski definition) is 8. The minimum Gasteiger partial charge on any atom is -0.756 e. The molecule has 0 spiro atoms. The Labute approximate surface area is 391 Å². The number of aromatic nitrogens is 10. The first-order chi connectivity index (χ1) is 33.1. The summed E-state index contributed by atoms with van der Waals surface area (Å²) in [7, 11) is -23.7. The van der Waals surface area contributed by atoms with Crippen LogP contribution in [0.3, 0.4) is 0 Å². The summed E-state index contributed by atoms with van der Waals surface area (Å²) in [5.74, 6) is -0.553. The highest BCUT2D eigenvalue weighted by molar-refractivity contribution is 7.65. The number of phosphoric acid groups is 4. The quantitative estimate of drug-likeness (QED) is 0.0298. The molecule has 3 aliphatic rings. The average molecular weight is 1090 g/mol. The lowest BCUT2D eigenvalue weighted by molar-refractivity contribution is -0.745. The van der Waals surface area contributed by atoms with E-state index in [0.717, 1.165) is 34.1 Å². The second kappa shape index (κ2) is 19.7. The van der Waals surface area contributed by atoms with Crippen LogP contribution in [0.1, 0.15) is 18.7 Å². The molecule has 0 bridgehead atoms. The normalized spacial score (nSPS) is 31.4. The number of nitrogens with two attached hydrogens (primary N) is 2. The lowest BCUT2D eigenvalue weighted by Crippen LogP contribution is -2.46. The van der Waals surface area contributed by atoms with Crippen LogP contribution in [0.25, 0.3) is 22.3 Å². The third-order valence-corrected chi connectivity index (χ3v) is 15.7. The number of H-pyrrole nitrogens is 2. The number of ether oxygens (including phenoxy) is 3. The highest BCUT2D eigenvalue weighted by Gasteiger charge is 2.51. The molecule has 0 amide bonds. The predicted molar refractivity (Wildman–Crippen MR) is 213 cm³/mol. The first-order valence-electron chi connectivity index (χ1n) is 19.8. The maximum absolute atomic E-state index is 16.4. The van der Waals surface area contributed by atoms with E-state index in [1.807, 2.05) is 4.98 Å². The number of phosphoric ester groups is 3. The zero-order valence-corrected chi connectivity index (χ0v) is 38.9. The van der Waals surface area contributed by atoms with Gasteiger partial charge in [0.05, 0.1) is 33.2 Å². The number of aryl methyl sites for hydroxylation is 1. The van der Waals surface area contributed by atoms with Crippen molar-refractivity contribution >= 4 is 65.4 Å². The van der Waals surface area contributed by atoms with Crippen molar-refractivity contribution in [1.82, 2.24) is 43.6 Å². The number of aliphatic hydroxyl groups is 4. The minimum absolute atomic E-state index is 0.0618. The summed E-state index contributed by atoms with van der Waals surface area (Å²) in [6.07, 6.45) is -19.9. The van der Waals surface area contributed by atoms with E-state index in [9.17, 15) is 72.6 Å². The second-order valence-electron chi connectivity index (χ2n) is 15.4. The van der Waals surface area contributed by atoms with Crippen LogP contribution in [0.5, 0.6) is 0 Å². The minimum atomic E-state index is -6.63. The van der Waals surface area contributed by atoms with Gasteiger partial charge in [0.2, 0.25) is 11.7 Å². The van der Waals surface area contributed by atoms with E-state index in [-0.39, 0.29) is 34.1 Å². The summed E-state index contributed by atoms with van der Waals surface area (Å²) >= 11 is 0. The van der Waals surface area contributed by atoms with E-state index >= 15 is 4.39 Å². The molecule has 3 aliphatic heterocycles. The molecule has 8 heterocycles. The Hall–Kier alpha value is -4.65. The van der Waals surface area contributed by atoms with Crippen molar-refractivity contribution in [2.45, 2.75) is 73.7 Å². The number of nitrogen functional groups attached to an aromatic ring is 2. The van der Waals surface area contributed by atoms with Gasteiger partial charge in [0.1, 0.15) is 60.7 Å². The number of anilines is 2. The van der Waals surface area contributed by atoms with Crippen LogP contribution in [0, 0.1) is 0 Å². The van der Waals surface area contributed by atoms with Gasteiger partial charge in [-0.25, -0.2) is 37.3 Å². The van der Waals surface area contributed by atoms with Gasteiger partial charge in [0, 0.05) is 12.3 Å². The Morgan fingerprint density at radius 2 is 1.39 bits per heavy atom. The molecule has 0 aliphatic carbocycles. The molecule has 10 N–H and O–H groups in total. The van der Waals surface area contributed by atoms with Crippen molar-refractivity contribution in [3.8, 4) is 0 Å². The van der Waals surface area contributed by atoms with Crippen LogP contribution in [0.2, 0.25) is 0 Å². The highest BCUT2D eigenvalue weighted by Crippen LogP contribution is 2.63. The number of nitrogens with zero attached hydrogens (tertiary/aromatic N) is 8. The van der Waals surface area contributed by atoms with Gasteiger partial charge in [0.15, 0.2) is 36.4 Å². The summed E-state index contributed by atoms with van der Waals surface area (Å²) in [6.45, 7) is -4.05. The highest BCUT2D eigenvalue weighted by atomic mass is 31.3. The topological polar surface area (TPSA) is 530 Å². The lowest BCUT2D eigenvalue weighted by atomic mass is 10.1. The molecule has 0 aromatic carbocycles. The second-order valence-corrected chi connectivity index (χ2v) is 21.2. The molecule has 3 fully saturated rings. The first kappa shape index (κ1) is 52.7. The van der Waals surface area contributed by atoms with Crippen LogP contribution >= 0.6 is 31.3 Å². The number of fused-ring (bicyclic) bond motifs is 2. The van der Waals surface area contributed by atoms with Crippen LogP contribution in [0.4, 0.5) is 16.2 Å². The summed E-state index contributed by atoms with van der Waals surface area (Å²) < 4.78 is 114. The van der Waals surface area contributed by atoms with E-state index in [1.54, 1.807) is 0 Å². The van der Waals surface area contributed by atoms with Gasteiger partial charge in [-0.2, -0.15) is 0 Å². The van der Waals surface area contributed by atoms with Gasteiger partial charge < -0.3 is 83.8 Å². The standard InChI is InChI=1S/C30H39FN12O24P4/c1-40-9-43(24-16(40)25(49)39-29(33)38-24)28-20(48)18(46)11(63-28)5-60-69(53,54)66-71(57,58)67-70(55,56)61-6-12-21(14(31)26(64-12)42-8-36-15-22(32)34-7-35-23(15)42)65-68(51,52)59-4-10-17(45)19(47)27(62-10)41-3-2-13(44)37-30(41)50/h2-3,7-12,14,17-21,26-28,45-48H,4-6H2,1H3,(H9-,32,33,34,35,37,38,39,44,49,50,51,52,53,54,55,56,57,58)/p-3/t10-,11-,12-,14?,17?,18?,19+,20+,21+,26-,27-,28-/m1/s1. The smallest absolute Gasteiger partial charge is 0.330 e. The maximum Gasteiger partial charge on any atom is 0.330 e. The van der Waals surface area contributed by atoms with Gasteiger partial charge in [-0.05, 0) is 0 Å². The molecular weight excluding hydrogens is 1060 g/mol. The zero-order valence-electron chi connectivity index (χ0n) is 35.3. The molecule has 7 unspecified atom stereocenters. The molecule has 3 saturated heterocycles. The Morgan fingerprint density at radius 1 is 0.789 bits per heavy atom. The fourth-order valence-corrected chi connectivity index (χ4v) is 11.8. The lowest BCUT2D eigenvalue weighted by Gasteiger charge is -2.35. The first-order valence-corrected chi connectivity index (χ1v) is 25.6. The Balaban J connectivity index is 0.917. The van der Waals surface area contributed by atoms with Crippen molar-refractivity contribution < 1.29 is 108 Å². The van der Waals surface area contributed by atoms with E-state index < -0.39 is 142 Å². The van der Waals surface area contributed by atoms with E-state index in [1.165, 1.54) is 17.9 Å². The van der Waals surface area contributed by atoms with Crippen LogP contribution in [-0.2, 0) is 66.2 Å². The van der Waals surface area contributed by atoms with E-state index in [2.05, 4.69) is 42.6 Å². The Kier molecular flexibility index (Phi) is 14.6. The number of rotatable bonds is 18. The molecule has 0 saturated carbocycles. The Morgan fingerprint density at radius 3 is 2.06 bits per heavy atom. The van der Waals surface area contributed by atoms with Gasteiger partial charge in [-0.1, -0.05) is 4.98 Å². The van der Waals surface area contributed by atoms with Crippen molar-refractivity contribution in [3.63, 3.8) is 0 Å². The average Bonchev–Trinajstić information content (AvgIpc) is 4.05. The van der Waals surface area contributed by atoms with Crippen molar-refractivity contribution in [1.29, 1.82) is 0 Å². The van der Waals surface area contributed by atoms with Gasteiger partial charge in [-0.3, -0.25) is 51.5 Å². The molecule has 16 atom stereocenters. The fourth-order valence-electron chi connectivity index (χ4n) is 7.49. The largest absolute Gasteiger partial charge is 0.756 e. The number of alkyl halides is 1. The van der Waals surface area contributed by atoms with Gasteiger partial charge >= 0.3 is 11.3 Å². The molecule has 41 heteroatoms. The summed E-state index contributed by atoms with van der Waals surface area (Å²) in [5.41, 5.74) is 8.26. The maximum atomic E-state index is 16.4. The number of halogens is 1. The molecule has 71 heavy (non-hydrogen) atoms. The van der Waals surface area contributed by atoms with E-state index in [0.29, 0.717) is 4.57 Å². The zero-order chi connectivity index (χ0) is 51.7. The summed E-state index contributed by atoms with van der Waals surface area (Å²) in [4.78, 5) is 107. The van der Waals surface area contributed by atoms with Crippen LogP contribution in [0.15, 0.2) is 45.6 Å². The number of aliphatic hydroxyl groups excluding tert-OH is 4. The van der Waals surface area contributed by atoms with Crippen molar-refractivity contribution in [2.75, 3.05) is 31.3 Å². The summed E-state index contributed by atoms with van der Waals surface area (Å²) in [6, 6.07) is 0.874. The summed E-state index contributed by atoms with van der Waals surface area (Å²) in [5, 5.41) is 42.3. The van der Waals surface area contributed by atoms with Gasteiger partial charge in [0.25, 0.3) is 48.4 Å². The molecular formula is C30H36FN12O24P4-3. The molecule has 0 radical (unpaired) electrons. The number of nitrogens with one attached hydrogen (secondary N) is 2. The molecule has 5 aromatic rings. The molecule has 5 aromatic heterocycles. The third kappa shape index (κ3) is 11.0. The predicted octanol–water partition coefficient (Wildman–Crippen LogP) is -7.08. The van der Waals surface area contributed by atoms with E-state index in [4.69, 9.17) is 34.7 Å². The van der Waals surface area contributed by atoms with Crippen LogP contribution in [-0.4, -0.2) is 139 Å². The monoisotopic (exact) mass is 1090 g/mol. The molecule has 36 nitrogen and oxygen atoms in total. The number of aromatic amines is 2. The van der Waals surface area contributed by atoms with Crippen molar-refractivity contribution in [2.24, 2.45) is 7.05 Å². The third-order valence-electron chi connectivity index (χ3n) is 10.6. The molecule has 390 valence electrons. The van der Waals surface area contributed by atoms with Crippen LogP contribution < -0.4 is 52.4 Å². The van der Waals surface area contributed by atoms with Crippen molar-refractivity contribution in [3.05, 3.63) is 62.4 Å². The number of imidazole rings is 2.